The lowest BCUT2D eigenvalue weighted by Crippen LogP contribution is -2.29. The molecule has 2 N–H and O–H groups in total. The van der Waals surface area contributed by atoms with E-state index in [-0.39, 0.29) is 24.2 Å². The molecule has 6 heterocycles. The maximum atomic E-state index is 9.80. The Morgan fingerprint density at radius 1 is 1.24 bits per heavy atom. The third-order valence-corrected chi connectivity index (χ3v) is 7.04. The van der Waals surface area contributed by atoms with Crippen LogP contribution >= 0.6 is 11.6 Å². The van der Waals surface area contributed by atoms with Crippen molar-refractivity contribution in [2.24, 2.45) is 7.05 Å². The SMILES string of the molecule is Cn1c(Nc2cc(C(C)(C)C)n([C@H]3CCO[C@H]3CO)n2)nc2ncc(Oc3cnn4ccnc4c3)c(Cl)c21. The molecule has 12 nitrogen and oxygen atoms in total. The third kappa shape index (κ3) is 4.24. The highest BCUT2D eigenvalue weighted by Gasteiger charge is 2.34. The average Bonchev–Trinajstić information content (AvgIpc) is 3.66. The van der Waals surface area contributed by atoms with Crippen LogP contribution in [0.25, 0.3) is 16.8 Å². The number of anilines is 2. The van der Waals surface area contributed by atoms with E-state index in [2.05, 4.69) is 46.1 Å². The number of nitrogens with zero attached hydrogens (tertiary/aromatic N) is 8. The molecule has 5 aromatic rings. The van der Waals surface area contributed by atoms with E-state index in [1.54, 1.807) is 35.4 Å². The largest absolute Gasteiger partial charge is 0.452 e. The number of pyridine rings is 1. The average molecular weight is 538 g/mol. The van der Waals surface area contributed by atoms with Gasteiger partial charge in [-0.05, 0) is 6.42 Å². The first-order valence-corrected chi connectivity index (χ1v) is 12.7. The minimum absolute atomic E-state index is 0.0447. The Kier molecular flexibility index (Phi) is 5.97. The summed E-state index contributed by atoms with van der Waals surface area (Å²) in [5, 5.41) is 22.6. The van der Waals surface area contributed by atoms with E-state index in [0.717, 1.165) is 12.1 Å². The molecule has 0 unspecified atom stereocenters. The maximum Gasteiger partial charge on any atom is 0.210 e. The molecule has 0 bridgehead atoms. The zero-order valence-electron chi connectivity index (χ0n) is 21.5. The molecule has 13 heteroatoms. The first-order chi connectivity index (χ1) is 18.2. The van der Waals surface area contributed by atoms with Gasteiger partial charge in [-0.3, -0.25) is 4.68 Å². The highest BCUT2D eigenvalue weighted by molar-refractivity contribution is 6.36. The molecule has 1 aliphatic rings. The van der Waals surface area contributed by atoms with Gasteiger partial charge in [-0.25, -0.2) is 14.5 Å². The van der Waals surface area contributed by atoms with Gasteiger partial charge in [0.1, 0.15) is 16.6 Å². The number of hydrogen-bond acceptors (Lipinski definition) is 9. The lowest BCUT2D eigenvalue weighted by Gasteiger charge is -2.25. The second-order valence-corrected chi connectivity index (χ2v) is 10.7. The Morgan fingerprint density at radius 3 is 2.87 bits per heavy atom. The number of rotatable bonds is 6. The fourth-order valence-corrected chi connectivity index (χ4v) is 5.04. The summed E-state index contributed by atoms with van der Waals surface area (Å²) in [6.07, 6.45) is 7.04. The number of aliphatic hydroxyl groups is 1. The topological polar surface area (TPSA) is 129 Å². The summed E-state index contributed by atoms with van der Waals surface area (Å²) in [5.74, 6) is 2.02. The van der Waals surface area contributed by atoms with E-state index >= 15 is 0 Å². The molecule has 1 fully saturated rings. The van der Waals surface area contributed by atoms with Gasteiger partial charge >= 0.3 is 0 Å². The van der Waals surface area contributed by atoms with Crippen LogP contribution in [-0.4, -0.2) is 63.3 Å². The number of nitrogens with one attached hydrogen (secondary N) is 1. The smallest absolute Gasteiger partial charge is 0.210 e. The van der Waals surface area contributed by atoms with Gasteiger partial charge in [0.2, 0.25) is 5.95 Å². The van der Waals surface area contributed by atoms with Crippen molar-refractivity contribution in [2.75, 3.05) is 18.5 Å². The summed E-state index contributed by atoms with van der Waals surface area (Å²) in [6.45, 7) is 6.94. The van der Waals surface area contributed by atoms with Crippen LogP contribution in [0, 0.1) is 0 Å². The number of ether oxygens (including phenoxy) is 2. The lowest BCUT2D eigenvalue weighted by atomic mass is 9.91. The number of aryl methyl sites for hydroxylation is 1. The monoisotopic (exact) mass is 537 g/mol. The van der Waals surface area contributed by atoms with Crippen LogP contribution in [0.5, 0.6) is 11.5 Å². The Hall–Kier alpha value is -3.74. The summed E-state index contributed by atoms with van der Waals surface area (Å²) in [4.78, 5) is 13.3. The molecule has 0 radical (unpaired) electrons. The fraction of sp³-hybridized carbons (Fsp3) is 0.400. The molecule has 6 rings (SSSR count). The minimum Gasteiger partial charge on any atom is -0.452 e. The second-order valence-electron chi connectivity index (χ2n) is 10.3. The van der Waals surface area contributed by atoms with E-state index < -0.39 is 0 Å². The van der Waals surface area contributed by atoms with E-state index in [4.69, 9.17) is 26.2 Å². The molecule has 0 spiro atoms. The lowest BCUT2D eigenvalue weighted by molar-refractivity contribution is 0.0391. The quantitative estimate of drug-likeness (QED) is 0.330. The Bertz CT molecular complexity index is 1630. The van der Waals surface area contributed by atoms with Crippen molar-refractivity contribution in [3.8, 4) is 11.5 Å². The molecule has 1 aliphatic heterocycles. The van der Waals surface area contributed by atoms with Crippen molar-refractivity contribution < 1.29 is 14.6 Å². The van der Waals surface area contributed by atoms with Gasteiger partial charge in [-0.15, -0.1) is 0 Å². The van der Waals surface area contributed by atoms with Crippen molar-refractivity contribution in [3.05, 3.63) is 47.6 Å². The highest BCUT2D eigenvalue weighted by atomic mass is 35.5. The highest BCUT2D eigenvalue weighted by Crippen LogP contribution is 2.37. The first kappa shape index (κ1) is 24.6. The predicted octanol–water partition coefficient (Wildman–Crippen LogP) is 4.02. The number of aromatic nitrogens is 8. The molecule has 0 saturated carbocycles. The van der Waals surface area contributed by atoms with Gasteiger partial charge in [-0.1, -0.05) is 32.4 Å². The summed E-state index contributed by atoms with van der Waals surface area (Å²) in [5.41, 5.74) is 2.59. The van der Waals surface area contributed by atoms with Crippen molar-refractivity contribution in [1.82, 2.24) is 38.9 Å². The van der Waals surface area contributed by atoms with E-state index in [1.165, 1.54) is 0 Å². The number of fused-ring (bicyclic) bond motifs is 2. The third-order valence-electron chi connectivity index (χ3n) is 6.68. The molecule has 0 amide bonds. The van der Waals surface area contributed by atoms with Crippen molar-refractivity contribution in [1.29, 1.82) is 0 Å². The van der Waals surface area contributed by atoms with Crippen LogP contribution in [0.4, 0.5) is 11.8 Å². The molecule has 1 saturated heterocycles. The zero-order valence-corrected chi connectivity index (χ0v) is 22.2. The van der Waals surface area contributed by atoms with Gasteiger partial charge in [0.25, 0.3) is 0 Å². The molecule has 5 aromatic heterocycles. The number of halogens is 1. The van der Waals surface area contributed by atoms with Crippen LogP contribution in [-0.2, 0) is 17.2 Å². The van der Waals surface area contributed by atoms with Crippen LogP contribution in [0.1, 0.15) is 38.9 Å². The second kappa shape index (κ2) is 9.22. The van der Waals surface area contributed by atoms with Gasteiger partial charge in [0, 0.05) is 49.3 Å². The van der Waals surface area contributed by atoms with Gasteiger partial charge < -0.3 is 24.5 Å². The molecule has 2 atom stereocenters. The van der Waals surface area contributed by atoms with E-state index in [1.807, 2.05) is 22.4 Å². The van der Waals surface area contributed by atoms with E-state index in [9.17, 15) is 5.11 Å². The van der Waals surface area contributed by atoms with Crippen LogP contribution < -0.4 is 10.1 Å². The summed E-state index contributed by atoms with van der Waals surface area (Å²) in [7, 11) is 1.85. The van der Waals surface area contributed by atoms with Crippen LogP contribution in [0.2, 0.25) is 5.02 Å². The number of aliphatic hydroxyl groups excluding tert-OH is 1. The predicted molar refractivity (Wildman–Crippen MR) is 141 cm³/mol. The fourth-order valence-electron chi connectivity index (χ4n) is 4.75. The van der Waals surface area contributed by atoms with Gasteiger partial charge in [-0.2, -0.15) is 15.2 Å². The molecule has 198 valence electrons. The Balaban J connectivity index is 1.32. The minimum atomic E-state index is -0.287. The molecule has 0 aliphatic carbocycles. The molecule has 0 aromatic carbocycles. The van der Waals surface area contributed by atoms with Crippen molar-refractivity contribution in [2.45, 2.75) is 44.8 Å². The van der Waals surface area contributed by atoms with Gasteiger partial charge in [0.05, 0.1) is 25.0 Å². The summed E-state index contributed by atoms with van der Waals surface area (Å²) >= 11 is 6.77. The standard InChI is InChI=1S/C25H28ClN9O3/c1-25(2,3)18-10-19(32-35(18)15-5-8-37-17(15)13-36)30-24-31-23-22(33(24)4)21(26)16(12-28-23)38-14-9-20-27-6-7-34(20)29-11-14/h6-7,9-12,15,17,36H,5,8,13H2,1-4H3,(H,28,30,31,32)/t15-,17-/m0/s1. The summed E-state index contributed by atoms with van der Waals surface area (Å²) < 4.78 is 17.1. The van der Waals surface area contributed by atoms with Crippen LogP contribution in [0.3, 0.4) is 0 Å². The Morgan fingerprint density at radius 2 is 2.08 bits per heavy atom. The Labute approximate surface area is 223 Å². The normalized spacial score (nSPS) is 18.1. The molecular weight excluding hydrogens is 510 g/mol. The van der Waals surface area contributed by atoms with E-state index in [0.29, 0.717) is 51.7 Å². The molecular formula is C25H28ClN9O3. The zero-order chi connectivity index (χ0) is 26.6. The van der Waals surface area contributed by atoms with Crippen molar-refractivity contribution in [3.63, 3.8) is 0 Å². The first-order valence-electron chi connectivity index (χ1n) is 12.3. The van der Waals surface area contributed by atoms with Crippen molar-refractivity contribution >= 4 is 40.2 Å². The van der Waals surface area contributed by atoms with Gasteiger partial charge in [0.15, 0.2) is 28.6 Å². The van der Waals surface area contributed by atoms with Crippen LogP contribution in [0.15, 0.2) is 36.9 Å². The number of hydrogen-bond donors (Lipinski definition) is 2. The molecule has 38 heavy (non-hydrogen) atoms. The maximum absolute atomic E-state index is 9.80. The summed E-state index contributed by atoms with van der Waals surface area (Å²) in [6, 6.07) is 3.73. The number of imidazole rings is 2.